The zero-order valence-corrected chi connectivity index (χ0v) is 17.0. The Labute approximate surface area is 175 Å². The lowest BCUT2D eigenvalue weighted by Gasteiger charge is -2.28. The lowest BCUT2D eigenvalue weighted by Crippen LogP contribution is -2.54. The Balaban J connectivity index is 1.47. The molecule has 1 aromatic carbocycles. The number of benzene rings is 1. The number of nitrogens with zero attached hydrogens (tertiary/aromatic N) is 2. The molecule has 0 spiro atoms. The van der Waals surface area contributed by atoms with E-state index in [2.05, 4.69) is 15.6 Å². The molecule has 30 heavy (non-hydrogen) atoms. The first-order valence-corrected chi connectivity index (χ1v) is 10.5. The molecule has 158 valence electrons. The van der Waals surface area contributed by atoms with Crippen LogP contribution in [0.5, 0.6) is 0 Å². The average Bonchev–Trinajstić information content (AvgIpc) is 2.99. The molecule has 8 heteroatoms. The molecule has 3 aliphatic rings. The first-order valence-electron chi connectivity index (χ1n) is 10.5. The summed E-state index contributed by atoms with van der Waals surface area (Å²) in [5, 5.41) is 5.59. The summed E-state index contributed by atoms with van der Waals surface area (Å²) in [5.74, 6) is -0.880. The van der Waals surface area contributed by atoms with E-state index in [1.54, 1.807) is 25.2 Å². The molecule has 1 unspecified atom stereocenters. The quantitative estimate of drug-likeness (QED) is 0.570. The number of anilines is 1. The van der Waals surface area contributed by atoms with Gasteiger partial charge in [0, 0.05) is 31.9 Å². The van der Waals surface area contributed by atoms with Crippen molar-refractivity contribution in [2.45, 2.75) is 44.6 Å². The molecular weight excluding hydrogens is 384 g/mol. The second-order valence-corrected chi connectivity index (χ2v) is 8.24. The van der Waals surface area contributed by atoms with E-state index < -0.39 is 23.8 Å². The second kappa shape index (κ2) is 8.38. The fourth-order valence-corrected chi connectivity index (χ4v) is 4.67. The van der Waals surface area contributed by atoms with Crippen LogP contribution >= 0.6 is 0 Å². The van der Waals surface area contributed by atoms with Crippen molar-refractivity contribution in [1.82, 2.24) is 10.2 Å². The molecule has 4 amide bonds. The van der Waals surface area contributed by atoms with Crippen LogP contribution in [0, 0.1) is 11.8 Å². The molecule has 1 saturated heterocycles. The van der Waals surface area contributed by atoms with Crippen LogP contribution < -0.4 is 10.6 Å². The summed E-state index contributed by atoms with van der Waals surface area (Å²) in [5.41, 5.74) is 1.24. The van der Waals surface area contributed by atoms with Gasteiger partial charge in [-0.2, -0.15) is 0 Å². The molecule has 4 rings (SSSR count). The van der Waals surface area contributed by atoms with Crippen molar-refractivity contribution in [2.75, 3.05) is 18.9 Å². The van der Waals surface area contributed by atoms with Crippen molar-refractivity contribution in [3.63, 3.8) is 0 Å². The summed E-state index contributed by atoms with van der Waals surface area (Å²) in [6.45, 7) is 0.729. The Morgan fingerprint density at radius 3 is 2.57 bits per heavy atom. The van der Waals surface area contributed by atoms with Crippen LogP contribution in [0.3, 0.4) is 0 Å². The maximum absolute atomic E-state index is 13.1. The fourth-order valence-electron chi connectivity index (χ4n) is 4.67. The first-order chi connectivity index (χ1) is 14.5. The van der Waals surface area contributed by atoms with Crippen LogP contribution in [0.4, 0.5) is 5.69 Å². The number of carbonyl (C=O) groups is 4. The highest BCUT2D eigenvalue weighted by Gasteiger charge is 2.45. The molecule has 2 aliphatic heterocycles. The van der Waals surface area contributed by atoms with Crippen molar-refractivity contribution in [3.8, 4) is 0 Å². The third-order valence-corrected chi connectivity index (χ3v) is 6.30. The van der Waals surface area contributed by atoms with Gasteiger partial charge in [-0.3, -0.25) is 29.4 Å². The summed E-state index contributed by atoms with van der Waals surface area (Å²) < 4.78 is 0. The van der Waals surface area contributed by atoms with Gasteiger partial charge in [-0.15, -0.1) is 0 Å². The highest BCUT2D eigenvalue weighted by molar-refractivity contribution is 6.25. The minimum atomic E-state index is -0.946. The molecule has 1 atom stereocenters. The molecule has 0 aromatic heterocycles. The summed E-state index contributed by atoms with van der Waals surface area (Å²) in [4.78, 5) is 54.8. The van der Waals surface area contributed by atoms with E-state index in [-0.39, 0.29) is 18.7 Å². The first kappa shape index (κ1) is 20.3. The van der Waals surface area contributed by atoms with Gasteiger partial charge >= 0.3 is 0 Å². The number of carbonyl (C=O) groups excluding carboxylic acids is 4. The molecule has 1 aliphatic carbocycles. The number of aliphatic imine (C=N–C) groups is 1. The van der Waals surface area contributed by atoms with Crippen LogP contribution in [0.15, 0.2) is 23.2 Å². The van der Waals surface area contributed by atoms with Crippen LogP contribution in [-0.2, 0) is 9.59 Å². The van der Waals surface area contributed by atoms with Gasteiger partial charge < -0.3 is 10.3 Å². The molecular formula is C22H26N4O4. The topological polar surface area (TPSA) is 108 Å². The standard InChI is InChI=1S/C22H26N4O4/c1-23-11-13-5-7-14(8-6-13)12-24-16-4-2-3-15-19(16)22(30)26(21(15)29)17-9-10-18(27)25-20(17)28/h2-4,11,13-14,17,24H,5-10,12H2,1H3,(H,25,27,28)/b23-11-. The maximum atomic E-state index is 13.1. The number of nitrogens with one attached hydrogen (secondary N) is 2. The Morgan fingerprint density at radius 1 is 1.10 bits per heavy atom. The summed E-state index contributed by atoms with van der Waals surface area (Å²) in [7, 11) is 1.81. The molecule has 0 bridgehead atoms. The number of fused-ring (bicyclic) bond motifs is 1. The number of imide groups is 2. The SMILES string of the molecule is C/N=C\C1CCC(CNc2cccc3c2C(=O)N(C2CCC(=O)NC2=O)C3=O)CC1. The minimum absolute atomic E-state index is 0.111. The third kappa shape index (κ3) is 3.74. The van der Waals surface area contributed by atoms with E-state index in [1.165, 1.54) is 0 Å². The number of rotatable bonds is 5. The molecule has 1 aromatic rings. The van der Waals surface area contributed by atoms with E-state index in [0.717, 1.165) is 37.1 Å². The highest BCUT2D eigenvalue weighted by Crippen LogP contribution is 2.33. The van der Waals surface area contributed by atoms with Gasteiger partial charge in [0.1, 0.15) is 6.04 Å². The predicted octanol–water partition coefficient (Wildman–Crippen LogP) is 2.01. The maximum Gasteiger partial charge on any atom is 0.264 e. The van der Waals surface area contributed by atoms with Gasteiger partial charge in [-0.05, 0) is 56.1 Å². The van der Waals surface area contributed by atoms with Crippen LogP contribution in [0.2, 0.25) is 0 Å². The zero-order chi connectivity index (χ0) is 21.3. The molecule has 2 N–H and O–H groups in total. The second-order valence-electron chi connectivity index (χ2n) is 8.24. The normalized spacial score (nSPS) is 26.8. The summed E-state index contributed by atoms with van der Waals surface area (Å²) in [6.07, 6.45) is 6.70. The van der Waals surface area contributed by atoms with E-state index in [4.69, 9.17) is 0 Å². The molecule has 8 nitrogen and oxygen atoms in total. The number of hydrogen-bond donors (Lipinski definition) is 2. The Bertz CT molecular complexity index is 918. The van der Waals surface area contributed by atoms with E-state index in [9.17, 15) is 19.2 Å². The van der Waals surface area contributed by atoms with Crippen LogP contribution in [-0.4, -0.2) is 54.4 Å². The van der Waals surface area contributed by atoms with Gasteiger partial charge in [0.15, 0.2) is 0 Å². The predicted molar refractivity (Wildman–Crippen MR) is 111 cm³/mol. The van der Waals surface area contributed by atoms with Crippen molar-refractivity contribution in [2.24, 2.45) is 16.8 Å². The lowest BCUT2D eigenvalue weighted by atomic mass is 9.82. The molecule has 2 fully saturated rings. The van der Waals surface area contributed by atoms with E-state index in [0.29, 0.717) is 28.7 Å². The van der Waals surface area contributed by atoms with E-state index >= 15 is 0 Å². The Kier molecular flexibility index (Phi) is 5.65. The number of hydrogen-bond acceptors (Lipinski definition) is 6. The monoisotopic (exact) mass is 410 g/mol. The van der Waals surface area contributed by atoms with E-state index in [1.807, 2.05) is 6.21 Å². The summed E-state index contributed by atoms with van der Waals surface area (Å²) >= 11 is 0. The lowest BCUT2D eigenvalue weighted by molar-refractivity contribution is -0.136. The van der Waals surface area contributed by atoms with Gasteiger partial charge in [-0.25, -0.2) is 0 Å². The van der Waals surface area contributed by atoms with Crippen molar-refractivity contribution < 1.29 is 19.2 Å². The smallest absolute Gasteiger partial charge is 0.264 e. The van der Waals surface area contributed by atoms with Crippen LogP contribution in [0.25, 0.3) is 0 Å². The zero-order valence-electron chi connectivity index (χ0n) is 17.0. The Morgan fingerprint density at radius 2 is 1.87 bits per heavy atom. The number of piperidine rings is 1. The van der Waals surface area contributed by atoms with Gasteiger partial charge in [-0.1, -0.05) is 6.07 Å². The largest absolute Gasteiger partial charge is 0.384 e. The fraction of sp³-hybridized carbons (Fsp3) is 0.500. The third-order valence-electron chi connectivity index (χ3n) is 6.30. The minimum Gasteiger partial charge on any atom is -0.384 e. The average molecular weight is 410 g/mol. The van der Waals surface area contributed by atoms with Gasteiger partial charge in [0.05, 0.1) is 11.1 Å². The molecule has 1 saturated carbocycles. The Hall–Kier alpha value is -3.03. The molecule has 0 radical (unpaired) electrons. The van der Waals surface area contributed by atoms with Crippen LogP contribution in [0.1, 0.15) is 59.2 Å². The summed E-state index contributed by atoms with van der Waals surface area (Å²) in [6, 6.07) is 4.21. The van der Waals surface area contributed by atoms with Gasteiger partial charge in [0.25, 0.3) is 11.8 Å². The van der Waals surface area contributed by atoms with Crippen molar-refractivity contribution in [3.05, 3.63) is 29.3 Å². The van der Waals surface area contributed by atoms with Crippen molar-refractivity contribution >= 4 is 35.5 Å². The number of amides is 4. The van der Waals surface area contributed by atoms with Gasteiger partial charge in [0.2, 0.25) is 11.8 Å². The van der Waals surface area contributed by atoms with Crippen molar-refractivity contribution in [1.29, 1.82) is 0 Å². The highest BCUT2D eigenvalue weighted by atomic mass is 16.2. The molecule has 2 heterocycles.